The summed E-state index contributed by atoms with van der Waals surface area (Å²) in [6.45, 7) is 1.64. The minimum absolute atomic E-state index is 0.305. The highest BCUT2D eigenvalue weighted by Gasteiger charge is 2.24. The number of amides is 2. The number of carbonyl (C=O) groups is 2. The van der Waals surface area contributed by atoms with E-state index in [2.05, 4.69) is 5.32 Å². The molecular weight excluding hydrogens is 324 g/mol. The highest BCUT2D eigenvalue weighted by Crippen LogP contribution is 2.12. The van der Waals surface area contributed by atoms with Gasteiger partial charge in [0, 0.05) is 12.6 Å². The number of hydrogen-bond donors (Lipinski definition) is 1. The van der Waals surface area contributed by atoms with Crippen LogP contribution in [0, 0.1) is 0 Å². The van der Waals surface area contributed by atoms with Gasteiger partial charge in [0.25, 0.3) is 11.8 Å². The van der Waals surface area contributed by atoms with Crippen molar-refractivity contribution in [2.45, 2.75) is 19.1 Å². The SMILES string of the molecule is CON(C)C(=O)C1C/C=C\COCCOCc2ccccc2C(=O)N1. The van der Waals surface area contributed by atoms with E-state index in [1.165, 1.54) is 14.2 Å². The van der Waals surface area contributed by atoms with Crippen LogP contribution in [-0.2, 0) is 25.7 Å². The zero-order valence-corrected chi connectivity index (χ0v) is 14.6. The molecule has 0 aromatic heterocycles. The monoisotopic (exact) mass is 348 g/mol. The normalized spacial score (nSPS) is 20.7. The van der Waals surface area contributed by atoms with Crippen molar-refractivity contribution < 1.29 is 23.9 Å². The van der Waals surface area contributed by atoms with Crippen LogP contribution in [0.1, 0.15) is 22.3 Å². The van der Waals surface area contributed by atoms with Crippen LogP contribution < -0.4 is 5.32 Å². The summed E-state index contributed by atoms with van der Waals surface area (Å²) < 4.78 is 11.0. The maximum absolute atomic E-state index is 12.7. The smallest absolute Gasteiger partial charge is 0.268 e. The first-order valence-electron chi connectivity index (χ1n) is 8.14. The van der Waals surface area contributed by atoms with Crippen LogP contribution in [-0.4, -0.2) is 56.9 Å². The number of ether oxygens (including phenoxy) is 2. The van der Waals surface area contributed by atoms with Crippen LogP contribution in [0.2, 0.25) is 0 Å². The maximum atomic E-state index is 12.7. The zero-order chi connectivity index (χ0) is 18.1. The molecule has 0 spiro atoms. The first-order chi connectivity index (χ1) is 12.1. The van der Waals surface area contributed by atoms with Gasteiger partial charge in [0.1, 0.15) is 6.04 Å². The molecule has 2 rings (SSSR count). The number of likely N-dealkylation sites (N-methyl/N-ethyl adjacent to an activating group) is 1. The quantitative estimate of drug-likeness (QED) is 0.644. The van der Waals surface area contributed by atoms with E-state index >= 15 is 0 Å². The Hall–Kier alpha value is -2.22. The molecule has 7 nitrogen and oxygen atoms in total. The molecule has 0 bridgehead atoms. The summed E-state index contributed by atoms with van der Waals surface area (Å²) in [6, 6.07) is 6.44. The zero-order valence-electron chi connectivity index (χ0n) is 14.6. The van der Waals surface area contributed by atoms with Gasteiger partial charge in [0.2, 0.25) is 0 Å². The van der Waals surface area contributed by atoms with E-state index in [1.54, 1.807) is 12.1 Å². The molecule has 2 amide bonds. The van der Waals surface area contributed by atoms with Crippen LogP contribution in [0.3, 0.4) is 0 Å². The molecular formula is C18H24N2O5. The Morgan fingerprint density at radius 1 is 1.24 bits per heavy atom. The van der Waals surface area contributed by atoms with Crippen molar-refractivity contribution in [3.8, 4) is 0 Å². The molecule has 1 aromatic carbocycles. The third-order valence-electron chi connectivity index (χ3n) is 3.83. The van der Waals surface area contributed by atoms with Gasteiger partial charge >= 0.3 is 0 Å². The van der Waals surface area contributed by atoms with Gasteiger partial charge in [-0.1, -0.05) is 30.4 Å². The van der Waals surface area contributed by atoms with Crippen LogP contribution in [0.15, 0.2) is 36.4 Å². The Morgan fingerprint density at radius 3 is 2.80 bits per heavy atom. The summed E-state index contributed by atoms with van der Waals surface area (Å²) in [5, 5.41) is 3.89. The lowest BCUT2D eigenvalue weighted by Crippen LogP contribution is -2.47. The molecule has 0 saturated heterocycles. The van der Waals surface area contributed by atoms with E-state index in [0.29, 0.717) is 38.4 Å². The minimum Gasteiger partial charge on any atom is -0.375 e. The van der Waals surface area contributed by atoms with Crippen LogP contribution >= 0.6 is 0 Å². The van der Waals surface area contributed by atoms with Gasteiger partial charge in [-0.2, -0.15) is 0 Å². The topological polar surface area (TPSA) is 77.1 Å². The van der Waals surface area contributed by atoms with Crippen molar-refractivity contribution in [2.24, 2.45) is 0 Å². The lowest BCUT2D eigenvalue weighted by atomic mass is 10.1. The van der Waals surface area contributed by atoms with Gasteiger partial charge < -0.3 is 14.8 Å². The second-order valence-electron chi connectivity index (χ2n) is 5.54. The van der Waals surface area contributed by atoms with Gasteiger partial charge in [0.15, 0.2) is 0 Å². The molecule has 7 heteroatoms. The minimum atomic E-state index is -0.731. The van der Waals surface area contributed by atoms with Gasteiger partial charge in [-0.15, -0.1) is 0 Å². The second kappa shape index (κ2) is 9.93. The van der Waals surface area contributed by atoms with Crippen molar-refractivity contribution in [3.05, 3.63) is 47.5 Å². The van der Waals surface area contributed by atoms with Crippen molar-refractivity contribution in [3.63, 3.8) is 0 Å². The number of nitrogens with one attached hydrogen (secondary N) is 1. The Bertz CT molecular complexity index is 617. The Labute approximate surface area is 147 Å². The van der Waals surface area contributed by atoms with Gasteiger partial charge in [-0.05, 0) is 18.1 Å². The molecule has 1 aliphatic heterocycles. The number of nitrogens with zero attached hydrogens (tertiary/aromatic N) is 1. The molecule has 0 saturated carbocycles. The molecule has 1 atom stereocenters. The fourth-order valence-electron chi connectivity index (χ4n) is 2.39. The molecule has 25 heavy (non-hydrogen) atoms. The first kappa shape index (κ1) is 19.1. The fraction of sp³-hybridized carbons (Fsp3) is 0.444. The molecule has 0 fully saturated rings. The summed E-state index contributed by atoms with van der Waals surface area (Å²) >= 11 is 0. The molecule has 136 valence electrons. The summed E-state index contributed by atoms with van der Waals surface area (Å²) in [7, 11) is 2.91. The maximum Gasteiger partial charge on any atom is 0.268 e. The van der Waals surface area contributed by atoms with E-state index < -0.39 is 6.04 Å². The van der Waals surface area contributed by atoms with Gasteiger partial charge in [-0.25, -0.2) is 5.06 Å². The number of rotatable bonds is 2. The Morgan fingerprint density at radius 2 is 2.00 bits per heavy atom. The molecule has 1 unspecified atom stereocenters. The lowest BCUT2D eigenvalue weighted by molar-refractivity contribution is -0.170. The van der Waals surface area contributed by atoms with E-state index in [0.717, 1.165) is 10.6 Å². The van der Waals surface area contributed by atoms with E-state index in [4.69, 9.17) is 14.3 Å². The van der Waals surface area contributed by atoms with E-state index in [-0.39, 0.29) is 11.8 Å². The average Bonchev–Trinajstić information content (AvgIpc) is 2.64. The fourth-order valence-corrected chi connectivity index (χ4v) is 2.39. The molecule has 0 aliphatic carbocycles. The first-order valence-corrected chi connectivity index (χ1v) is 8.14. The lowest BCUT2D eigenvalue weighted by Gasteiger charge is -2.22. The van der Waals surface area contributed by atoms with Crippen molar-refractivity contribution in [1.29, 1.82) is 0 Å². The predicted octanol–water partition coefficient (Wildman–Crippen LogP) is 1.30. The van der Waals surface area contributed by atoms with Crippen molar-refractivity contribution in [2.75, 3.05) is 34.0 Å². The van der Waals surface area contributed by atoms with Crippen LogP contribution in [0.25, 0.3) is 0 Å². The standard InChI is InChI=1S/C18H24N2O5/c1-20(23-2)18(22)16-9-5-6-10-24-11-12-25-13-14-7-3-4-8-15(14)17(21)19-16/h3-8,16H,9-13H2,1-2H3,(H,19,21)/b6-5-. The third-order valence-corrected chi connectivity index (χ3v) is 3.83. The number of hydrogen-bond acceptors (Lipinski definition) is 5. The predicted molar refractivity (Wildman–Crippen MR) is 91.7 cm³/mol. The Balaban J connectivity index is 2.23. The summed E-state index contributed by atoms with van der Waals surface area (Å²) in [6.07, 6.45) is 3.98. The van der Waals surface area contributed by atoms with Crippen LogP contribution in [0.5, 0.6) is 0 Å². The van der Waals surface area contributed by atoms with Crippen molar-refractivity contribution >= 4 is 11.8 Å². The molecule has 1 N–H and O–H groups in total. The summed E-state index contributed by atoms with van der Waals surface area (Å²) in [5.41, 5.74) is 1.25. The molecule has 1 aliphatic rings. The molecule has 1 aromatic rings. The van der Waals surface area contributed by atoms with Crippen LogP contribution in [0.4, 0.5) is 0 Å². The number of fused-ring (bicyclic) bond motifs is 1. The summed E-state index contributed by atoms with van der Waals surface area (Å²) in [4.78, 5) is 30.0. The van der Waals surface area contributed by atoms with E-state index in [1.807, 2.05) is 24.3 Å². The number of benzene rings is 1. The van der Waals surface area contributed by atoms with Crippen molar-refractivity contribution in [1.82, 2.24) is 10.4 Å². The molecule has 1 heterocycles. The average molecular weight is 348 g/mol. The highest BCUT2D eigenvalue weighted by molar-refractivity contribution is 5.98. The van der Waals surface area contributed by atoms with Gasteiger partial charge in [-0.3, -0.25) is 14.4 Å². The number of hydroxylamine groups is 2. The second-order valence-corrected chi connectivity index (χ2v) is 5.54. The van der Waals surface area contributed by atoms with Gasteiger partial charge in [0.05, 0.1) is 33.5 Å². The largest absolute Gasteiger partial charge is 0.375 e. The molecule has 0 radical (unpaired) electrons. The highest BCUT2D eigenvalue weighted by atomic mass is 16.7. The number of carbonyl (C=O) groups excluding carboxylic acids is 2. The third kappa shape index (κ3) is 5.67. The summed E-state index contributed by atoms with van der Waals surface area (Å²) in [5.74, 6) is -0.647. The van der Waals surface area contributed by atoms with E-state index in [9.17, 15) is 9.59 Å². The Kier molecular flexibility index (Phi) is 7.59.